The molecular weight excluding hydrogens is 378 g/mol. The van der Waals surface area contributed by atoms with E-state index in [9.17, 15) is 9.59 Å². The number of hydrogen-bond acceptors (Lipinski definition) is 5. The molecule has 0 aliphatic carbocycles. The number of carbonyl (C=O) groups excluding carboxylic acids is 2. The Hall–Kier alpha value is -1.54. The van der Waals surface area contributed by atoms with E-state index in [2.05, 4.69) is 10.2 Å². The molecule has 0 spiro atoms. The second-order valence-corrected chi connectivity index (χ2v) is 7.86. The third-order valence-electron chi connectivity index (χ3n) is 3.86. The summed E-state index contributed by atoms with van der Waals surface area (Å²) in [5, 5.41) is 3.46. The van der Waals surface area contributed by atoms with Crippen molar-refractivity contribution in [2.75, 3.05) is 24.7 Å². The van der Waals surface area contributed by atoms with Crippen LogP contribution in [0.4, 0.5) is 5.00 Å². The van der Waals surface area contributed by atoms with Gasteiger partial charge >= 0.3 is 0 Å². The van der Waals surface area contributed by atoms with E-state index in [1.54, 1.807) is 0 Å². The molecule has 0 radical (unpaired) electrons. The van der Waals surface area contributed by atoms with Gasteiger partial charge in [-0.15, -0.1) is 35.5 Å². The highest BCUT2D eigenvalue weighted by Crippen LogP contribution is 2.36. The van der Waals surface area contributed by atoms with Crippen LogP contribution in [0, 0.1) is 0 Å². The molecule has 0 unspecified atom stereocenters. The molecule has 1 aromatic heterocycles. The molecule has 1 aliphatic heterocycles. The Morgan fingerprint density at radius 2 is 2.04 bits per heavy atom. The highest BCUT2D eigenvalue weighted by molar-refractivity contribution is 8.00. The lowest BCUT2D eigenvalue weighted by Gasteiger charge is -2.22. The molecule has 0 saturated carbocycles. The van der Waals surface area contributed by atoms with Gasteiger partial charge in [-0.2, -0.15) is 0 Å². The number of nitrogens with one attached hydrogen (secondary N) is 1. The van der Waals surface area contributed by atoms with Crippen molar-refractivity contribution < 1.29 is 9.59 Å². The summed E-state index contributed by atoms with van der Waals surface area (Å²) in [6.45, 7) is 1.68. The van der Waals surface area contributed by atoms with Crippen molar-refractivity contribution in [1.82, 2.24) is 4.90 Å². The predicted octanol–water partition coefficient (Wildman–Crippen LogP) is 2.99. The number of rotatable bonds is 5. The first-order valence-electron chi connectivity index (χ1n) is 7.65. The lowest BCUT2D eigenvalue weighted by atomic mass is 10.0. The molecule has 0 fully saturated rings. The van der Waals surface area contributed by atoms with Gasteiger partial charge in [-0.05, 0) is 31.2 Å². The number of nitrogens with two attached hydrogens (primary N) is 1. The van der Waals surface area contributed by atoms with Gasteiger partial charge in [0, 0.05) is 22.9 Å². The molecule has 1 aliphatic rings. The van der Waals surface area contributed by atoms with Crippen molar-refractivity contribution in [1.29, 1.82) is 0 Å². The lowest BCUT2D eigenvalue weighted by Crippen LogP contribution is -2.27. The molecule has 2 heterocycles. The fourth-order valence-electron chi connectivity index (χ4n) is 2.71. The summed E-state index contributed by atoms with van der Waals surface area (Å²) in [6.07, 6.45) is 0.787. The third kappa shape index (κ3) is 4.76. The van der Waals surface area contributed by atoms with Gasteiger partial charge in [0.25, 0.3) is 5.91 Å². The van der Waals surface area contributed by atoms with Crippen LogP contribution in [0.25, 0.3) is 0 Å². The molecule has 2 aromatic rings. The van der Waals surface area contributed by atoms with Crippen LogP contribution in [0.1, 0.15) is 20.8 Å². The molecule has 1 aromatic carbocycles. The second kappa shape index (κ2) is 8.71. The van der Waals surface area contributed by atoms with Crippen LogP contribution in [0.5, 0.6) is 0 Å². The summed E-state index contributed by atoms with van der Waals surface area (Å²) in [4.78, 5) is 28.5. The van der Waals surface area contributed by atoms with Crippen LogP contribution >= 0.6 is 35.5 Å². The average Bonchev–Trinajstić information content (AvgIpc) is 2.90. The largest absolute Gasteiger partial charge is 0.365 e. The predicted molar refractivity (Wildman–Crippen MR) is 106 cm³/mol. The van der Waals surface area contributed by atoms with Crippen LogP contribution in [0.2, 0.25) is 0 Å². The second-order valence-electron chi connectivity index (χ2n) is 5.71. The number of hydrogen-bond donors (Lipinski definition) is 2. The number of nitrogens with zero attached hydrogens (tertiary/aromatic N) is 1. The summed E-state index contributed by atoms with van der Waals surface area (Å²) in [7, 11) is 2.04. The van der Waals surface area contributed by atoms with Crippen molar-refractivity contribution in [2.24, 2.45) is 5.73 Å². The zero-order valence-corrected chi connectivity index (χ0v) is 16.2. The normalized spacial score (nSPS) is 13.6. The van der Waals surface area contributed by atoms with Crippen LogP contribution < -0.4 is 11.1 Å². The van der Waals surface area contributed by atoms with Gasteiger partial charge in [0.05, 0.1) is 11.3 Å². The topological polar surface area (TPSA) is 75.4 Å². The van der Waals surface area contributed by atoms with Crippen LogP contribution in [-0.2, 0) is 17.8 Å². The number of fused-ring (bicyclic) bond motifs is 1. The minimum absolute atomic E-state index is 0. The van der Waals surface area contributed by atoms with E-state index in [1.165, 1.54) is 23.1 Å². The number of thioether (sulfide) groups is 1. The van der Waals surface area contributed by atoms with Gasteiger partial charge in [-0.1, -0.05) is 18.2 Å². The Balaban J connectivity index is 0.00000225. The molecule has 134 valence electrons. The molecule has 0 saturated heterocycles. The van der Waals surface area contributed by atoms with Gasteiger partial charge in [0.15, 0.2) is 0 Å². The van der Waals surface area contributed by atoms with E-state index >= 15 is 0 Å². The monoisotopic (exact) mass is 397 g/mol. The first-order valence-corrected chi connectivity index (χ1v) is 9.45. The van der Waals surface area contributed by atoms with Gasteiger partial charge in [-0.3, -0.25) is 9.59 Å². The van der Waals surface area contributed by atoms with E-state index in [-0.39, 0.29) is 18.3 Å². The fourth-order valence-corrected chi connectivity index (χ4v) is 4.78. The van der Waals surface area contributed by atoms with E-state index < -0.39 is 5.91 Å². The lowest BCUT2D eigenvalue weighted by molar-refractivity contribution is -0.113. The number of halogens is 1. The maximum absolute atomic E-state index is 12.2. The Morgan fingerprint density at radius 1 is 1.32 bits per heavy atom. The zero-order chi connectivity index (χ0) is 17.1. The minimum atomic E-state index is -0.469. The standard InChI is InChI=1S/C17H19N3O2S2.ClH/c1-20-8-7-12-13(9-20)24-17(15(12)16(18)22)19-14(21)10-23-11-5-3-2-4-6-11;/h2-6H,7-10H2,1H3,(H2,18,22)(H,19,21);1H. The van der Waals surface area contributed by atoms with Gasteiger partial charge in [-0.25, -0.2) is 0 Å². The minimum Gasteiger partial charge on any atom is -0.365 e. The SMILES string of the molecule is CN1CCc2c(sc(NC(=O)CSc3ccccc3)c2C(N)=O)C1.Cl. The first-order chi connectivity index (χ1) is 11.5. The van der Waals surface area contributed by atoms with Gasteiger partial charge in [0.2, 0.25) is 5.91 Å². The molecular formula is C17H20ClN3O2S2. The van der Waals surface area contributed by atoms with Crippen molar-refractivity contribution >= 4 is 52.3 Å². The molecule has 3 N–H and O–H groups in total. The molecule has 5 nitrogen and oxygen atoms in total. The number of primary amides is 1. The van der Waals surface area contributed by atoms with Gasteiger partial charge < -0.3 is 16.0 Å². The van der Waals surface area contributed by atoms with Crippen molar-refractivity contribution in [3.8, 4) is 0 Å². The maximum atomic E-state index is 12.2. The number of benzene rings is 1. The summed E-state index contributed by atoms with van der Waals surface area (Å²) in [6, 6.07) is 9.75. The highest BCUT2D eigenvalue weighted by Gasteiger charge is 2.26. The molecule has 2 amide bonds. The summed E-state index contributed by atoms with van der Waals surface area (Å²) < 4.78 is 0. The van der Waals surface area contributed by atoms with Crippen molar-refractivity contribution in [2.45, 2.75) is 17.9 Å². The van der Waals surface area contributed by atoms with Crippen LogP contribution in [0.15, 0.2) is 35.2 Å². The Kier molecular flexibility index (Phi) is 6.89. The fraction of sp³-hybridized carbons (Fsp3) is 0.294. The van der Waals surface area contributed by atoms with Crippen molar-refractivity contribution in [3.63, 3.8) is 0 Å². The number of carbonyl (C=O) groups is 2. The van der Waals surface area contributed by atoms with Crippen LogP contribution in [-0.4, -0.2) is 36.1 Å². The number of anilines is 1. The van der Waals surface area contributed by atoms with E-state index in [1.807, 2.05) is 37.4 Å². The average molecular weight is 398 g/mol. The maximum Gasteiger partial charge on any atom is 0.251 e. The van der Waals surface area contributed by atoms with Crippen LogP contribution in [0.3, 0.4) is 0 Å². The number of likely N-dealkylation sites (N-methyl/N-ethyl adjacent to an activating group) is 1. The first kappa shape index (κ1) is 19.8. The van der Waals surface area contributed by atoms with E-state index in [4.69, 9.17) is 5.73 Å². The quantitative estimate of drug-likeness (QED) is 0.760. The summed E-state index contributed by atoms with van der Waals surface area (Å²) >= 11 is 2.93. The Morgan fingerprint density at radius 3 is 2.72 bits per heavy atom. The highest BCUT2D eigenvalue weighted by atomic mass is 35.5. The molecule has 25 heavy (non-hydrogen) atoms. The van der Waals surface area contributed by atoms with Crippen molar-refractivity contribution in [3.05, 3.63) is 46.3 Å². The zero-order valence-electron chi connectivity index (χ0n) is 13.8. The summed E-state index contributed by atoms with van der Waals surface area (Å²) in [5.41, 5.74) is 7.04. The molecule has 0 bridgehead atoms. The van der Waals surface area contributed by atoms with E-state index in [0.29, 0.717) is 16.3 Å². The molecule has 0 atom stereocenters. The summed E-state index contributed by atoms with van der Waals surface area (Å²) in [5.74, 6) is -0.300. The van der Waals surface area contributed by atoms with Gasteiger partial charge in [0.1, 0.15) is 5.00 Å². The molecule has 8 heteroatoms. The molecule has 3 rings (SSSR count). The number of thiophene rings is 1. The Bertz CT molecular complexity index is 765. The third-order valence-corrected chi connectivity index (χ3v) is 6.00. The Labute approximate surface area is 161 Å². The smallest absolute Gasteiger partial charge is 0.251 e. The van der Waals surface area contributed by atoms with E-state index in [0.717, 1.165) is 34.8 Å². The number of amides is 2.